The second kappa shape index (κ2) is 4.54. The molecule has 92 valence electrons. The topological polar surface area (TPSA) is 21.3 Å². The van der Waals surface area contributed by atoms with Crippen molar-refractivity contribution >= 4 is 17.3 Å². The third-order valence-corrected chi connectivity index (χ3v) is 3.36. The summed E-state index contributed by atoms with van der Waals surface area (Å²) >= 11 is 6.02. The molecular formula is C15H14ClNO. The lowest BCUT2D eigenvalue weighted by atomic mass is 10.1. The Bertz CT molecular complexity index is 582. The van der Waals surface area contributed by atoms with E-state index in [9.17, 15) is 0 Å². The highest BCUT2D eigenvalue weighted by Crippen LogP contribution is 2.34. The first kappa shape index (κ1) is 11.4. The van der Waals surface area contributed by atoms with Crippen LogP contribution >= 0.6 is 11.6 Å². The van der Waals surface area contributed by atoms with Gasteiger partial charge in [-0.25, -0.2) is 0 Å². The molecule has 0 saturated carbocycles. The highest BCUT2D eigenvalue weighted by molar-refractivity contribution is 6.30. The molecule has 3 heteroatoms. The molecule has 1 aliphatic heterocycles. The number of aryl methyl sites for hydroxylation is 1. The zero-order valence-electron chi connectivity index (χ0n) is 10.1. The molecule has 0 bridgehead atoms. The van der Waals surface area contributed by atoms with Crippen LogP contribution < -0.4 is 10.1 Å². The zero-order valence-corrected chi connectivity index (χ0v) is 10.9. The molecule has 2 aromatic carbocycles. The molecule has 0 aromatic heterocycles. The van der Waals surface area contributed by atoms with E-state index < -0.39 is 0 Å². The van der Waals surface area contributed by atoms with E-state index in [0.29, 0.717) is 6.61 Å². The minimum absolute atomic E-state index is 0.152. The molecule has 1 N–H and O–H groups in total. The number of benzene rings is 2. The van der Waals surface area contributed by atoms with Gasteiger partial charge in [0, 0.05) is 5.02 Å². The molecular weight excluding hydrogens is 246 g/mol. The summed E-state index contributed by atoms with van der Waals surface area (Å²) in [6, 6.07) is 14.2. The predicted octanol–water partition coefficient (Wildman–Crippen LogP) is 4.19. The van der Waals surface area contributed by atoms with Crippen molar-refractivity contribution < 1.29 is 4.74 Å². The summed E-state index contributed by atoms with van der Waals surface area (Å²) in [6.45, 7) is 2.68. The van der Waals surface area contributed by atoms with Gasteiger partial charge in [0.1, 0.15) is 12.4 Å². The Kier molecular flexibility index (Phi) is 2.88. The molecule has 0 aliphatic carbocycles. The van der Waals surface area contributed by atoms with E-state index in [0.717, 1.165) is 22.0 Å². The second-order valence-electron chi connectivity index (χ2n) is 4.56. The van der Waals surface area contributed by atoms with E-state index in [1.165, 1.54) is 5.56 Å². The van der Waals surface area contributed by atoms with Crippen molar-refractivity contribution in [3.63, 3.8) is 0 Å². The SMILES string of the molecule is Cc1ccc2c(c1)OC[C@H](c1cccc(Cl)c1)N2. The number of nitrogens with one attached hydrogen (secondary N) is 1. The first-order chi connectivity index (χ1) is 8.72. The smallest absolute Gasteiger partial charge is 0.142 e. The molecule has 0 spiro atoms. The van der Waals surface area contributed by atoms with Crippen molar-refractivity contribution in [3.05, 3.63) is 58.6 Å². The highest BCUT2D eigenvalue weighted by atomic mass is 35.5. The molecule has 0 saturated heterocycles. The van der Waals surface area contributed by atoms with E-state index in [1.807, 2.05) is 18.2 Å². The summed E-state index contributed by atoms with van der Waals surface area (Å²) in [5.41, 5.74) is 3.39. The average molecular weight is 260 g/mol. The Morgan fingerprint density at radius 3 is 2.94 bits per heavy atom. The minimum Gasteiger partial charge on any atom is -0.489 e. The van der Waals surface area contributed by atoms with Crippen molar-refractivity contribution in [2.75, 3.05) is 11.9 Å². The summed E-state index contributed by atoms with van der Waals surface area (Å²) in [6.07, 6.45) is 0. The largest absolute Gasteiger partial charge is 0.489 e. The fourth-order valence-corrected chi connectivity index (χ4v) is 2.37. The summed E-state index contributed by atoms with van der Waals surface area (Å²) in [5, 5.41) is 4.24. The molecule has 1 heterocycles. The minimum atomic E-state index is 0.152. The van der Waals surface area contributed by atoms with Crippen LogP contribution in [0.1, 0.15) is 17.2 Å². The number of rotatable bonds is 1. The van der Waals surface area contributed by atoms with Crippen LogP contribution in [0.5, 0.6) is 5.75 Å². The fraction of sp³-hybridized carbons (Fsp3) is 0.200. The van der Waals surface area contributed by atoms with Gasteiger partial charge in [0.2, 0.25) is 0 Å². The maximum absolute atomic E-state index is 6.02. The molecule has 2 nitrogen and oxygen atoms in total. The summed E-state index contributed by atoms with van der Waals surface area (Å²) in [4.78, 5) is 0. The average Bonchev–Trinajstić information content (AvgIpc) is 2.38. The van der Waals surface area contributed by atoms with Crippen LogP contribution in [0.4, 0.5) is 5.69 Å². The second-order valence-corrected chi connectivity index (χ2v) is 5.00. The van der Waals surface area contributed by atoms with Crippen molar-refractivity contribution in [2.45, 2.75) is 13.0 Å². The molecule has 18 heavy (non-hydrogen) atoms. The fourth-order valence-electron chi connectivity index (χ4n) is 2.17. The Morgan fingerprint density at radius 1 is 1.22 bits per heavy atom. The van der Waals surface area contributed by atoms with Gasteiger partial charge in [0.25, 0.3) is 0 Å². The molecule has 3 rings (SSSR count). The lowest BCUT2D eigenvalue weighted by Crippen LogP contribution is -2.23. The van der Waals surface area contributed by atoms with E-state index in [1.54, 1.807) is 0 Å². The quantitative estimate of drug-likeness (QED) is 0.829. The van der Waals surface area contributed by atoms with Crippen LogP contribution in [0.15, 0.2) is 42.5 Å². The normalized spacial score (nSPS) is 17.6. The molecule has 1 aliphatic rings. The lowest BCUT2D eigenvalue weighted by molar-refractivity contribution is 0.286. The number of hydrogen-bond donors (Lipinski definition) is 1. The van der Waals surface area contributed by atoms with Crippen LogP contribution in [-0.4, -0.2) is 6.61 Å². The van der Waals surface area contributed by atoms with Crippen LogP contribution in [0.2, 0.25) is 5.02 Å². The van der Waals surface area contributed by atoms with Crippen molar-refractivity contribution in [1.82, 2.24) is 0 Å². The Labute approximate surface area is 112 Å². The monoisotopic (exact) mass is 259 g/mol. The number of ether oxygens (including phenoxy) is 1. The molecule has 0 unspecified atom stereocenters. The third-order valence-electron chi connectivity index (χ3n) is 3.12. The zero-order chi connectivity index (χ0) is 12.5. The van der Waals surface area contributed by atoms with E-state index >= 15 is 0 Å². The van der Waals surface area contributed by atoms with Crippen molar-refractivity contribution in [2.24, 2.45) is 0 Å². The lowest BCUT2D eigenvalue weighted by Gasteiger charge is -2.28. The standard InChI is InChI=1S/C15H14ClNO/c1-10-5-6-13-15(7-10)18-9-14(17-13)11-3-2-4-12(16)8-11/h2-8,14,17H,9H2,1H3/t14-/m1/s1. The van der Waals surface area contributed by atoms with Crippen LogP contribution in [0, 0.1) is 6.92 Å². The Morgan fingerprint density at radius 2 is 2.11 bits per heavy atom. The molecule has 0 amide bonds. The molecule has 0 fully saturated rings. The molecule has 2 aromatic rings. The van der Waals surface area contributed by atoms with Crippen LogP contribution in [-0.2, 0) is 0 Å². The van der Waals surface area contributed by atoms with Gasteiger partial charge in [0.05, 0.1) is 11.7 Å². The van der Waals surface area contributed by atoms with Gasteiger partial charge in [-0.05, 0) is 42.3 Å². The first-order valence-electron chi connectivity index (χ1n) is 5.98. The Balaban J connectivity index is 1.89. The van der Waals surface area contributed by atoms with Crippen molar-refractivity contribution in [1.29, 1.82) is 0 Å². The van der Waals surface area contributed by atoms with E-state index in [4.69, 9.17) is 16.3 Å². The van der Waals surface area contributed by atoms with E-state index in [-0.39, 0.29) is 6.04 Å². The maximum atomic E-state index is 6.02. The predicted molar refractivity (Wildman–Crippen MR) is 74.5 cm³/mol. The van der Waals surface area contributed by atoms with Crippen LogP contribution in [0.25, 0.3) is 0 Å². The third kappa shape index (κ3) is 2.16. The molecule has 0 radical (unpaired) electrons. The van der Waals surface area contributed by atoms with Gasteiger partial charge in [-0.15, -0.1) is 0 Å². The summed E-state index contributed by atoms with van der Waals surface area (Å²) in [5.74, 6) is 0.924. The number of halogens is 1. The van der Waals surface area contributed by atoms with Crippen molar-refractivity contribution in [3.8, 4) is 5.75 Å². The van der Waals surface area contributed by atoms with Gasteiger partial charge >= 0.3 is 0 Å². The van der Waals surface area contributed by atoms with Gasteiger partial charge in [-0.1, -0.05) is 29.8 Å². The van der Waals surface area contributed by atoms with Gasteiger partial charge in [0.15, 0.2) is 0 Å². The summed E-state index contributed by atoms with van der Waals surface area (Å²) in [7, 11) is 0. The summed E-state index contributed by atoms with van der Waals surface area (Å²) < 4.78 is 5.81. The maximum Gasteiger partial charge on any atom is 0.142 e. The van der Waals surface area contributed by atoms with Gasteiger partial charge < -0.3 is 10.1 Å². The number of fused-ring (bicyclic) bond motifs is 1. The Hall–Kier alpha value is -1.67. The number of anilines is 1. The van der Waals surface area contributed by atoms with Gasteiger partial charge in [-0.2, -0.15) is 0 Å². The molecule has 1 atom stereocenters. The highest BCUT2D eigenvalue weighted by Gasteiger charge is 2.20. The van der Waals surface area contributed by atoms with Crippen LogP contribution in [0.3, 0.4) is 0 Å². The number of hydrogen-bond acceptors (Lipinski definition) is 2. The first-order valence-corrected chi connectivity index (χ1v) is 6.35. The van der Waals surface area contributed by atoms with E-state index in [2.05, 4.69) is 36.5 Å². The van der Waals surface area contributed by atoms with Gasteiger partial charge in [-0.3, -0.25) is 0 Å².